The van der Waals surface area contributed by atoms with E-state index >= 15 is 0 Å². The van der Waals surface area contributed by atoms with Crippen molar-refractivity contribution in [3.05, 3.63) is 48.0 Å². The van der Waals surface area contributed by atoms with Gasteiger partial charge >= 0.3 is 0 Å². The third-order valence-electron chi connectivity index (χ3n) is 2.61. The lowest BCUT2D eigenvalue weighted by molar-refractivity contribution is 0.681. The Balaban J connectivity index is 1.70. The summed E-state index contributed by atoms with van der Waals surface area (Å²) in [6, 6.07) is 8.68. The summed E-state index contributed by atoms with van der Waals surface area (Å²) in [5.74, 6) is 0. The number of hydrogen-bond acceptors (Lipinski definition) is 3. The Labute approximate surface area is 106 Å². The number of hydrogen-bond donors (Lipinski definition) is 2. The van der Waals surface area contributed by atoms with Crippen LogP contribution in [0.1, 0.15) is 11.3 Å². The van der Waals surface area contributed by atoms with Crippen LogP contribution >= 0.6 is 11.8 Å². The Morgan fingerprint density at radius 1 is 1.29 bits per heavy atom. The van der Waals surface area contributed by atoms with Gasteiger partial charge in [-0.1, -0.05) is 12.1 Å². The summed E-state index contributed by atoms with van der Waals surface area (Å²) in [5, 5.41) is 3.42. The molecule has 0 saturated carbocycles. The van der Waals surface area contributed by atoms with Crippen molar-refractivity contribution in [3.8, 4) is 0 Å². The normalized spacial score (nSPS) is 10.6. The van der Waals surface area contributed by atoms with Crippen LogP contribution < -0.4 is 5.32 Å². The lowest BCUT2D eigenvalue weighted by Crippen LogP contribution is -2.16. The second-order valence-corrected chi connectivity index (χ2v) is 4.73. The van der Waals surface area contributed by atoms with Crippen LogP contribution in [0.5, 0.6) is 0 Å². The van der Waals surface area contributed by atoms with Crippen LogP contribution in [-0.2, 0) is 13.0 Å². The van der Waals surface area contributed by atoms with E-state index in [0.29, 0.717) is 0 Å². The Morgan fingerprint density at radius 3 is 2.76 bits per heavy atom. The molecular weight excluding hydrogens is 230 g/mol. The van der Waals surface area contributed by atoms with E-state index < -0.39 is 0 Å². The lowest BCUT2D eigenvalue weighted by atomic mass is 10.2. The lowest BCUT2D eigenvalue weighted by Gasteiger charge is -2.04. The van der Waals surface area contributed by atoms with Gasteiger partial charge in [-0.05, 0) is 24.0 Å². The average molecular weight is 247 g/mol. The van der Waals surface area contributed by atoms with Crippen molar-refractivity contribution in [2.75, 3.05) is 12.8 Å². The Morgan fingerprint density at radius 2 is 2.12 bits per heavy atom. The third-order valence-corrected chi connectivity index (χ3v) is 3.36. The number of aromatic amines is 1. The van der Waals surface area contributed by atoms with Crippen LogP contribution in [0.3, 0.4) is 0 Å². The maximum Gasteiger partial charge on any atom is 0.0921 e. The smallest absolute Gasteiger partial charge is 0.0921 e. The van der Waals surface area contributed by atoms with Crippen molar-refractivity contribution < 1.29 is 0 Å². The third kappa shape index (κ3) is 3.91. The zero-order chi connectivity index (χ0) is 11.9. The molecular formula is C13H17N3S. The molecule has 0 radical (unpaired) electrons. The van der Waals surface area contributed by atoms with Crippen LogP contribution in [0.15, 0.2) is 41.7 Å². The van der Waals surface area contributed by atoms with Gasteiger partial charge in [-0.15, -0.1) is 11.8 Å². The number of thioether (sulfide) groups is 1. The van der Waals surface area contributed by atoms with Gasteiger partial charge in [0, 0.05) is 36.3 Å². The SMILES string of the molecule is CSc1ccc(CNCCc2cnc[nH]2)cc1. The zero-order valence-electron chi connectivity index (χ0n) is 9.94. The molecule has 0 bridgehead atoms. The summed E-state index contributed by atoms with van der Waals surface area (Å²) >= 11 is 1.77. The highest BCUT2D eigenvalue weighted by molar-refractivity contribution is 7.98. The summed E-state index contributed by atoms with van der Waals surface area (Å²) in [7, 11) is 0. The van der Waals surface area contributed by atoms with Crippen molar-refractivity contribution >= 4 is 11.8 Å². The fourth-order valence-electron chi connectivity index (χ4n) is 1.62. The van der Waals surface area contributed by atoms with E-state index in [1.807, 2.05) is 6.20 Å². The molecule has 0 spiro atoms. The summed E-state index contributed by atoms with van der Waals surface area (Å²) in [5.41, 5.74) is 2.50. The van der Waals surface area contributed by atoms with E-state index in [4.69, 9.17) is 0 Å². The van der Waals surface area contributed by atoms with Crippen LogP contribution in [-0.4, -0.2) is 22.8 Å². The molecule has 4 heteroatoms. The van der Waals surface area contributed by atoms with Gasteiger partial charge in [0.15, 0.2) is 0 Å². The van der Waals surface area contributed by atoms with Crippen molar-refractivity contribution in [2.45, 2.75) is 17.9 Å². The van der Waals surface area contributed by atoms with Gasteiger partial charge in [-0.2, -0.15) is 0 Å². The van der Waals surface area contributed by atoms with E-state index in [0.717, 1.165) is 19.5 Å². The molecule has 1 aromatic carbocycles. The molecule has 0 atom stereocenters. The first-order valence-electron chi connectivity index (χ1n) is 5.69. The highest BCUT2D eigenvalue weighted by Crippen LogP contribution is 2.14. The molecule has 1 heterocycles. The van der Waals surface area contributed by atoms with E-state index in [9.17, 15) is 0 Å². The standard InChI is InChI=1S/C13H17N3S/c1-17-13-4-2-11(3-5-13)8-14-7-6-12-9-15-10-16-12/h2-5,9-10,14H,6-8H2,1H3,(H,15,16). The molecule has 3 nitrogen and oxygen atoms in total. The number of imidazole rings is 1. The summed E-state index contributed by atoms with van der Waals surface area (Å²) in [6.45, 7) is 1.88. The van der Waals surface area contributed by atoms with Crippen molar-refractivity contribution in [2.24, 2.45) is 0 Å². The minimum absolute atomic E-state index is 0.919. The van der Waals surface area contributed by atoms with Gasteiger partial charge in [0.05, 0.1) is 6.33 Å². The van der Waals surface area contributed by atoms with Crippen LogP contribution in [0.4, 0.5) is 0 Å². The molecule has 0 aliphatic carbocycles. The van der Waals surface area contributed by atoms with E-state index in [1.54, 1.807) is 18.1 Å². The fourth-order valence-corrected chi connectivity index (χ4v) is 2.03. The molecule has 0 amide bonds. The summed E-state index contributed by atoms with van der Waals surface area (Å²) < 4.78 is 0. The predicted octanol–water partition coefficient (Wildman–Crippen LogP) is 2.46. The molecule has 17 heavy (non-hydrogen) atoms. The Kier molecular flexibility index (Phi) is 4.64. The highest BCUT2D eigenvalue weighted by atomic mass is 32.2. The molecule has 1 aromatic heterocycles. The molecule has 90 valence electrons. The monoisotopic (exact) mass is 247 g/mol. The van der Waals surface area contributed by atoms with Gasteiger partial charge in [-0.25, -0.2) is 4.98 Å². The number of nitrogens with one attached hydrogen (secondary N) is 2. The summed E-state index contributed by atoms with van der Waals surface area (Å²) in [4.78, 5) is 8.40. The molecule has 2 aromatic rings. The number of rotatable bonds is 6. The quantitative estimate of drug-likeness (QED) is 0.608. The topological polar surface area (TPSA) is 40.7 Å². The first-order valence-corrected chi connectivity index (χ1v) is 6.92. The minimum atomic E-state index is 0.919. The second-order valence-electron chi connectivity index (χ2n) is 3.85. The second kappa shape index (κ2) is 6.47. The Bertz CT molecular complexity index is 422. The first kappa shape index (κ1) is 12.2. The minimum Gasteiger partial charge on any atom is -0.348 e. The molecule has 0 aliphatic heterocycles. The molecule has 0 aliphatic rings. The largest absolute Gasteiger partial charge is 0.348 e. The molecule has 0 fully saturated rings. The van der Waals surface area contributed by atoms with Crippen molar-refractivity contribution in [1.29, 1.82) is 0 Å². The fraction of sp³-hybridized carbons (Fsp3) is 0.308. The van der Waals surface area contributed by atoms with E-state index in [2.05, 4.69) is 45.8 Å². The van der Waals surface area contributed by atoms with E-state index in [1.165, 1.54) is 16.2 Å². The van der Waals surface area contributed by atoms with Crippen LogP contribution in [0.25, 0.3) is 0 Å². The van der Waals surface area contributed by atoms with Crippen molar-refractivity contribution in [1.82, 2.24) is 15.3 Å². The number of aromatic nitrogens is 2. The highest BCUT2D eigenvalue weighted by Gasteiger charge is 1.95. The van der Waals surface area contributed by atoms with Gasteiger partial charge in [0.2, 0.25) is 0 Å². The summed E-state index contributed by atoms with van der Waals surface area (Å²) in [6.07, 6.45) is 6.67. The number of benzene rings is 1. The average Bonchev–Trinajstić information content (AvgIpc) is 2.88. The van der Waals surface area contributed by atoms with Gasteiger partial charge in [-0.3, -0.25) is 0 Å². The molecule has 2 rings (SSSR count). The maximum atomic E-state index is 3.99. The zero-order valence-corrected chi connectivity index (χ0v) is 10.8. The van der Waals surface area contributed by atoms with Gasteiger partial charge < -0.3 is 10.3 Å². The number of H-pyrrole nitrogens is 1. The van der Waals surface area contributed by atoms with Crippen molar-refractivity contribution in [3.63, 3.8) is 0 Å². The van der Waals surface area contributed by atoms with Crippen LogP contribution in [0, 0.1) is 0 Å². The van der Waals surface area contributed by atoms with E-state index in [-0.39, 0.29) is 0 Å². The van der Waals surface area contributed by atoms with Gasteiger partial charge in [0.1, 0.15) is 0 Å². The molecule has 0 unspecified atom stereocenters. The Hall–Kier alpha value is -1.26. The first-order chi connectivity index (χ1) is 8.38. The van der Waals surface area contributed by atoms with Gasteiger partial charge in [0.25, 0.3) is 0 Å². The molecule has 0 saturated heterocycles. The molecule has 2 N–H and O–H groups in total. The number of nitrogens with zero attached hydrogens (tertiary/aromatic N) is 1. The maximum absolute atomic E-state index is 3.99. The van der Waals surface area contributed by atoms with Crippen LogP contribution in [0.2, 0.25) is 0 Å². The predicted molar refractivity (Wildman–Crippen MR) is 72.2 cm³/mol.